The minimum atomic E-state index is -0.869. The summed E-state index contributed by atoms with van der Waals surface area (Å²) in [5, 5.41) is 2.60. The molecule has 0 aromatic heterocycles. The normalized spacial score (nSPS) is 10.4. The molecular weight excluding hydrogens is 212 g/mol. The second-order valence-electron chi connectivity index (χ2n) is 2.71. The Morgan fingerprint density at radius 1 is 1.43 bits per heavy atom. The van der Waals surface area contributed by atoms with Crippen LogP contribution in [-0.2, 0) is 6.54 Å². The van der Waals surface area contributed by atoms with Crippen LogP contribution in [0.1, 0.15) is 5.56 Å². The lowest BCUT2D eigenvalue weighted by atomic mass is 10.2. The van der Waals surface area contributed by atoms with E-state index in [1.54, 1.807) is 7.05 Å². The van der Waals surface area contributed by atoms with E-state index in [1.807, 2.05) is 0 Å². The molecule has 0 bridgehead atoms. The van der Waals surface area contributed by atoms with Gasteiger partial charge in [0.05, 0.1) is 12.1 Å². The van der Waals surface area contributed by atoms with Crippen LogP contribution < -0.4 is 10.1 Å². The van der Waals surface area contributed by atoms with Crippen LogP contribution in [0.25, 0.3) is 0 Å². The molecule has 0 aliphatic heterocycles. The van der Waals surface area contributed by atoms with Crippen molar-refractivity contribution < 1.29 is 13.5 Å². The molecule has 0 atom stereocenters. The van der Waals surface area contributed by atoms with E-state index in [1.165, 1.54) is 13.2 Å². The summed E-state index contributed by atoms with van der Waals surface area (Å²) in [5.41, 5.74) is 0.274. The molecule has 0 aliphatic carbocycles. The minimum absolute atomic E-state index is 0.145. The van der Waals surface area contributed by atoms with Gasteiger partial charge < -0.3 is 10.1 Å². The number of rotatable bonds is 3. The molecule has 1 aromatic carbocycles. The Labute approximate surface area is 85.8 Å². The molecule has 0 unspecified atom stereocenters. The summed E-state index contributed by atoms with van der Waals surface area (Å²) >= 11 is 5.56. The maximum absolute atomic E-state index is 13.4. The number of hydrogen-bond acceptors (Lipinski definition) is 2. The zero-order chi connectivity index (χ0) is 10.7. The monoisotopic (exact) mass is 221 g/mol. The fourth-order valence-corrected chi connectivity index (χ4v) is 1.35. The largest absolute Gasteiger partial charge is 0.491 e. The van der Waals surface area contributed by atoms with Crippen LogP contribution in [0.2, 0.25) is 5.02 Å². The topological polar surface area (TPSA) is 21.3 Å². The van der Waals surface area contributed by atoms with Crippen molar-refractivity contribution in [2.45, 2.75) is 6.54 Å². The lowest BCUT2D eigenvalue weighted by molar-refractivity contribution is 0.357. The first-order valence-electron chi connectivity index (χ1n) is 3.96. The van der Waals surface area contributed by atoms with Crippen LogP contribution >= 0.6 is 11.6 Å². The third-order valence-corrected chi connectivity index (χ3v) is 2.04. The van der Waals surface area contributed by atoms with E-state index in [0.717, 1.165) is 0 Å². The van der Waals surface area contributed by atoms with Crippen molar-refractivity contribution in [1.82, 2.24) is 5.32 Å². The number of hydrogen-bond donors (Lipinski definition) is 1. The van der Waals surface area contributed by atoms with Gasteiger partial charge in [-0.1, -0.05) is 11.6 Å². The van der Waals surface area contributed by atoms with Crippen molar-refractivity contribution >= 4 is 11.6 Å². The highest BCUT2D eigenvalue weighted by Crippen LogP contribution is 2.30. The van der Waals surface area contributed by atoms with E-state index in [-0.39, 0.29) is 17.1 Å². The number of ether oxygens (including phenoxy) is 1. The van der Waals surface area contributed by atoms with Gasteiger partial charge >= 0.3 is 0 Å². The van der Waals surface area contributed by atoms with Gasteiger partial charge in [-0.05, 0) is 13.1 Å². The van der Waals surface area contributed by atoms with Crippen molar-refractivity contribution in [2.75, 3.05) is 14.2 Å². The third kappa shape index (κ3) is 1.96. The Balaban J connectivity index is 3.27. The lowest BCUT2D eigenvalue weighted by Crippen LogP contribution is -2.08. The van der Waals surface area contributed by atoms with Crippen LogP contribution in [0.3, 0.4) is 0 Å². The first-order valence-corrected chi connectivity index (χ1v) is 4.34. The highest BCUT2D eigenvalue weighted by molar-refractivity contribution is 6.31. The van der Waals surface area contributed by atoms with Crippen molar-refractivity contribution in [3.05, 3.63) is 28.3 Å². The van der Waals surface area contributed by atoms with Crippen LogP contribution in [0.4, 0.5) is 8.78 Å². The second-order valence-corrected chi connectivity index (χ2v) is 3.12. The van der Waals surface area contributed by atoms with Crippen LogP contribution in [0, 0.1) is 11.6 Å². The molecule has 0 spiro atoms. The molecule has 0 heterocycles. The Bertz CT molecular complexity index is 344. The van der Waals surface area contributed by atoms with Gasteiger partial charge in [-0.2, -0.15) is 0 Å². The number of nitrogens with one attached hydrogen (secondary N) is 1. The number of benzene rings is 1. The second kappa shape index (κ2) is 4.57. The quantitative estimate of drug-likeness (QED) is 0.792. The molecule has 1 aromatic rings. The fraction of sp³-hybridized carbons (Fsp3) is 0.333. The molecule has 5 heteroatoms. The Morgan fingerprint density at radius 2 is 2.07 bits per heavy atom. The van der Waals surface area contributed by atoms with Crippen LogP contribution in [0.15, 0.2) is 6.07 Å². The standard InChI is InChI=1S/C9H10ClF2NO/c1-13-4-5-3-6(10)8(12)9(14-2)7(5)11/h3,13H,4H2,1-2H3. The summed E-state index contributed by atoms with van der Waals surface area (Å²) < 4.78 is 31.2. The van der Waals surface area contributed by atoms with Gasteiger partial charge in [0.15, 0.2) is 17.4 Å². The van der Waals surface area contributed by atoms with Gasteiger partial charge in [-0.25, -0.2) is 8.78 Å². The van der Waals surface area contributed by atoms with E-state index in [9.17, 15) is 8.78 Å². The van der Waals surface area contributed by atoms with Gasteiger partial charge in [0.25, 0.3) is 0 Å². The smallest absolute Gasteiger partial charge is 0.192 e. The van der Waals surface area contributed by atoms with Gasteiger partial charge in [0.1, 0.15) is 0 Å². The number of halogens is 3. The summed E-state index contributed by atoms with van der Waals surface area (Å²) in [6, 6.07) is 1.24. The van der Waals surface area contributed by atoms with E-state index >= 15 is 0 Å². The van der Waals surface area contributed by atoms with Crippen molar-refractivity contribution in [2.24, 2.45) is 0 Å². The van der Waals surface area contributed by atoms with Crippen molar-refractivity contribution in [1.29, 1.82) is 0 Å². The highest BCUT2D eigenvalue weighted by atomic mass is 35.5. The predicted molar refractivity (Wildman–Crippen MR) is 50.7 cm³/mol. The van der Waals surface area contributed by atoms with Crippen LogP contribution in [-0.4, -0.2) is 14.2 Å². The molecular formula is C9H10ClF2NO. The van der Waals surface area contributed by atoms with Gasteiger partial charge in [-0.3, -0.25) is 0 Å². The molecule has 78 valence electrons. The Hall–Kier alpha value is -0.870. The van der Waals surface area contributed by atoms with Gasteiger partial charge in [-0.15, -0.1) is 0 Å². The Kier molecular flexibility index (Phi) is 3.66. The predicted octanol–water partition coefficient (Wildman–Crippen LogP) is 2.35. The zero-order valence-electron chi connectivity index (χ0n) is 7.83. The third-order valence-electron chi connectivity index (χ3n) is 1.76. The maximum Gasteiger partial charge on any atom is 0.192 e. The molecule has 0 radical (unpaired) electrons. The van der Waals surface area contributed by atoms with Crippen LogP contribution in [0.5, 0.6) is 5.75 Å². The highest BCUT2D eigenvalue weighted by Gasteiger charge is 2.17. The van der Waals surface area contributed by atoms with E-state index in [0.29, 0.717) is 0 Å². The zero-order valence-corrected chi connectivity index (χ0v) is 8.58. The van der Waals surface area contributed by atoms with E-state index in [2.05, 4.69) is 10.1 Å². The van der Waals surface area contributed by atoms with Crippen molar-refractivity contribution in [3.63, 3.8) is 0 Å². The summed E-state index contributed by atoms with van der Waals surface area (Å²) in [6.45, 7) is 0.266. The summed E-state index contributed by atoms with van der Waals surface area (Å²) in [6.07, 6.45) is 0. The summed E-state index contributed by atoms with van der Waals surface area (Å²) in [5.74, 6) is -2.03. The minimum Gasteiger partial charge on any atom is -0.491 e. The first-order chi connectivity index (χ1) is 6.61. The van der Waals surface area contributed by atoms with Gasteiger partial charge in [0, 0.05) is 12.1 Å². The molecule has 2 nitrogen and oxygen atoms in total. The molecule has 0 fully saturated rings. The average molecular weight is 222 g/mol. The average Bonchev–Trinajstić information content (AvgIpc) is 2.16. The van der Waals surface area contributed by atoms with E-state index in [4.69, 9.17) is 11.6 Å². The SMILES string of the molecule is CNCc1cc(Cl)c(F)c(OC)c1F. The maximum atomic E-state index is 13.4. The molecule has 14 heavy (non-hydrogen) atoms. The molecule has 0 amide bonds. The van der Waals surface area contributed by atoms with Gasteiger partial charge in [0.2, 0.25) is 0 Å². The first kappa shape index (κ1) is 11.2. The van der Waals surface area contributed by atoms with Crippen molar-refractivity contribution in [3.8, 4) is 5.75 Å². The summed E-state index contributed by atoms with van der Waals surface area (Å²) in [4.78, 5) is 0. The summed E-state index contributed by atoms with van der Waals surface area (Å²) in [7, 11) is 2.85. The van der Waals surface area contributed by atoms with E-state index < -0.39 is 17.4 Å². The lowest BCUT2D eigenvalue weighted by Gasteiger charge is -2.09. The Morgan fingerprint density at radius 3 is 2.57 bits per heavy atom. The molecule has 0 saturated heterocycles. The molecule has 0 aliphatic rings. The molecule has 1 N–H and O–H groups in total. The molecule has 0 saturated carbocycles. The fourth-order valence-electron chi connectivity index (χ4n) is 1.13. The number of methoxy groups -OCH3 is 1. The molecule has 1 rings (SSSR count).